The minimum atomic E-state index is -0.459. The van der Waals surface area contributed by atoms with Crippen molar-refractivity contribution in [3.8, 4) is 0 Å². The van der Waals surface area contributed by atoms with Crippen molar-refractivity contribution >= 4 is 17.4 Å². The molecule has 2 rings (SSSR count). The molecule has 0 bridgehead atoms. The van der Waals surface area contributed by atoms with Gasteiger partial charge in [-0.1, -0.05) is 13.8 Å². The van der Waals surface area contributed by atoms with E-state index in [1.54, 1.807) is 17.0 Å². The van der Waals surface area contributed by atoms with Gasteiger partial charge in [-0.3, -0.25) is 10.1 Å². The smallest absolute Gasteiger partial charge is 0.321 e. The van der Waals surface area contributed by atoms with Crippen molar-refractivity contribution in [3.05, 3.63) is 34.4 Å². The third kappa shape index (κ3) is 3.46. The molecule has 0 spiro atoms. The highest BCUT2D eigenvalue weighted by molar-refractivity contribution is 5.89. The second-order valence-electron chi connectivity index (χ2n) is 5.59. The fraction of sp³-hybridized carbons (Fsp3) is 0.500. The van der Waals surface area contributed by atoms with E-state index >= 15 is 0 Å². The number of nitrogens with one attached hydrogen (secondary N) is 1. The lowest BCUT2D eigenvalue weighted by Crippen LogP contribution is -2.44. The number of hydrogen-bond acceptors (Lipinski definition) is 3. The number of urea groups is 1. The van der Waals surface area contributed by atoms with Gasteiger partial charge >= 0.3 is 6.03 Å². The first-order valence-electron chi connectivity index (χ1n) is 6.76. The third-order valence-electron chi connectivity index (χ3n) is 3.49. The number of non-ortho nitro benzene ring substituents is 1. The van der Waals surface area contributed by atoms with Gasteiger partial charge in [0.15, 0.2) is 0 Å². The summed E-state index contributed by atoms with van der Waals surface area (Å²) in [5, 5.41) is 13.3. The summed E-state index contributed by atoms with van der Waals surface area (Å²) in [4.78, 5) is 24.1. The molecule has 20 heavy (non-hydrogen) atoms. The Labute approximate surface area is 117 Å². The molecule has 1 fully saturated rings. The number of carbonyl (C=O) groups excluding carboxylic acids is 1. The highest BCUT2D eigenvalue weighted by Crippen LogP contribution is 2.22. The van der Waals surface area contributed by atoms with Crippen LogP contribution in [0.25, 0.3) is 0 Å². The summed E-state index contributed by atoms with van der Waals surface area (Å²) in [6.07, 6.45) is 1.14. The zero-order chi connectivity index (χ0) is 14.7. The van der Waals surface area contributed by atoms with Crippen molar-refractivity contribution in [2.24, 2.45) is 11.8 Å². The first-order valence-corrected chi connectivity index (χ1v) is 6.76. The monoisotopic (exact) mass is 277 g/mol. The molecule has 1 N–H and O–H groups in total. The van der Waals surface area contributed by atoms with Crippen molar-refractivity contribution in [1.29, 1.82) is 0 Å². The summed E-state index contributed by atoms with van der Waals surface area (Å²) in [5.74, 6) is 1.00. The fourth-order valence-corrected chi connectivity index (χ4v) is 2.70. The second-order valence-corrected chi connectivity index (χ2v) is 5.59. The molecule has 2 amide bonds. The van der Waals surface area contributed by atoms with Crippen molar-refractivity contribution in [2.75, 3.05) is 18.4 Å². The molecule has 0 aromatic heterocycles. The number of amides is 2. The number of nitro groups is 1. The molecule has 2 atom stereocenters. The van der Waals surface area contributed by atoms with Gasteiger partial charge in [0.1, 0.15) is 0 Å². The minimum absolute atomic E-state index is 0.0169. The van der Waals surface area contributed by atoms with Crippen molar-refractivity contribution in [1.82, 2.24) is 4.90 Å². The molecule has 0 radical (unpaired) electrons. The van der Waals surface area contributed by atoms with Gasteiger partial charge < -0.3 is 10.2 Å². The van der Waals surface area contributed by atoms with Crippen LogP contribution in [0.3, 0.4) is 0 Å². The van der Waals surface area contributed by atoms with E-state index in [1.165, 1.54) is 12.1 Å². The van der Waals surface area contributed by atoms with E-state index in [0.29, 0.717) is 17.5 Å². The Hall–Kier alpha value is -2.11. The molecular formula is C14H19N3O3. The van der Waals surface area contributed by atoms with Gasteiger partial charge in [-0.05, 0) is 30.4 Å². The number of anilines is 1. The molecule has 0 aliphatic carbocycles. The number of carbonyl (C=O) groups is 1. The van der Waals surface area contributed by atoms with E-state index in [1.807, 2.05) is 0 Å². The summed E-state index contributed by atoms with van der Waals surface area (Å²) in [7, 11) is 0. The van der Waals surface area contributed by atoms with Gasteiger partial charge in [-0.15, -0.1) is 0 Å². The first kappa shape index (κ1) is 14.3. The number of nitrogens with zero attached hydrogens (tertiary/aromatic N) is 2. The molecule has 1 saturated heterocycles. The molecule has 1 aliphatic rings. The van der Waals surface area contributed by atoms with Crippen LogP contribution in [0.15, 0.2) is 24.3 Å². The van der Waals surface area contributed by atoms with E-state index in [9.17, 15) is 14.9 Å². The molecule has 2 unspecified atom stereocenters. The SMILES string of the molecule is CC1CC(C)CN(C(=O)Nc2ccc([N+](=O)[O-])cc2)C1. The van der Waals surface area contributed by atoms with E-state index in [4.69, 9.17) is 0 Å². The predicted molar refractivity (Wildman–Crippen MR) is 76.6 cm³/mol. The summed E-state index contributed by atoms with van der Waals surface area (Å²) in [6, 6.07) is 5.73. The van der Waals surface area contributed by atoms with Crippen LogP contribution < -0.4 is 5.32 Å². The Balaban J connectivity index is 1.98. The molecule has 1 aliphatic heterocycles. The van der Waals surface area contributed by atoms with Crippen LogP contribution in [-0.4, -0.2) is 28.9 Å². The Morgan fingerprint density at radius 3 is 2.30 bits per heavy atom. The predicted octanol–water partition coefficient (Wildman–Crippen LogP) is 3.10. The standard InChI is InChI=1S/C14H19N3O3/c1-10-7-11(2)9-16(8-10)14(18)15-12-3-5-13(6-4-12)17(19)20/h3-6,10-11H,7-9H2,1-2H3,(H,15,18). The summed E-state index contributed by atoms with van der Waals surface area (Å²) in [5.41, 5.74) is 0.592. The van der Waals surface area contributed by atoms with Gasteiger partial charge in [-0.2, -0.15) is 0 Å². The van der Waals surface area contributed by atoms with Crippen LogP contribution in [0, 0.1) is 22.0 Å². The molecule has 1 aromatic rings. The van der Waals surface area contributed by atoms with E-state index in [-0.39, 0.29) is 11.7 Å². The van der Waals surface area contributed by atoms with E-state index in [2.05, 4.69) is 19.2 Å². The summed E-state index contributed by atoms with van der Waals surface area (Å²) < 4.78 is 0. The molecule has 0 saturated carbocycles. The maximum absolute atomic E-state index is 12.2. The van der Waals surface area contributed by atoms with E-state index < -0.39 is 4.92 Å². The highest BCUT2D eigenvalue weighted by atomic mass is 16.6. The summed E-state index contributed by atoms with van der Waals surface area (Å²) >= 11 is 0. The zero-order valence-corrected chi connectivity index (χ0v) is 11.7. The van der Waals surface area contributed by atoms with Crippen LogP contribution in [0.2, 0.25) is 0 Å². The lowest BCUT2D eigenvalue weighted by molar-refractivity contribution is -0.384. The maximum Gasteiger partial charge on any atom is 0.321 e. The Morgan fingerprint density at radius 2 is 1.80 bits per heavy atom. The van der Waals surface area contributed by atoms with Crippen molar-refractivity contribution in [2.45, 2.75) is 20.3 Å². The van der Waals surface area contributed by atoms with Gasteiger partial charge in [0.2, 0.25) is 0 Å². The van der Waals surface area contributed by atoms with Crippen LogP contribution in [0.1, 0.15) is 20.3 Å². The zero-order valence-electron chi connectivity index (χ0n) is 11.7. The fourth-order valence-electron chi connectivity index (χ4n) is 2.70. The largest absolute Gasteiger partial charge is 0.324 e. The highest BCUT2D eigenvalue weighted by Gasteiger charge is 2.25. The molecule has 1 heterocycles. The van der Waals surface area contributed by atoms with Gasteiger partial charge in [0.05, 0.1) is 4.92 Å². The van der Waals surface area contributed by atoms with Crippen molar-refractivity contribution in [3.63, 3.8) is 0 Å². The normalized spacial score (nSPS) is 22.4. The molecule has 108 valence electrons. The van der Waals surface area contributed by atoms with E-state index in [0.717, 1.165) is 19.5 Å². The molecule has 6 nitrogen and oxygen atoms in total. The van der Waals surface area contributed by atoms with Crippen LogP contribution in [0.5, 0.6) is 0 Å². The van der Waals surface area contributed by atoms with Gasteiger partial charge in [0, 0.05) is 30.9 Å². The Kier molecular flexibility index (Phi) is 4.22. The number of hydrogen-bond donors (Lipinski definition) is 1. The minimum Gasteiger partial charge on any atom is -0.324 e. The Bertz CT molecular complexity index is 491. The molecule has 1 aromatic carbocycles. The van der Waals surface area contributed by atoms with Crippen molar-refractivity contribution < 1.29 is 9.72 Å². The number of rotatable bonds is 2. The number of likely N-dealkylation sites (tertiary alicyclic amines) is 1. The topological polar surface area (TPSA) is 75.5 Å². The maximum atomic E-state index is 12.2. The average molecular weight is 277 g/mol. The first-order chi connectivity index (χ1) is 9.45. The lowest BCUT2D eigenvalue weighted by Gasteiger charge is -2.34. The van der Waals surface area contributed by atoms with Crippen LogP contribution in [0.4, 0.5) is 16.2 Å². The summed E-state index contributed by atoms with van der Waals surface area (Å²) in [6.45, 7) is 5.79. The second kappa shape index (κ2) is 5.90. The number of piperidine rings is 1. The van der Waals surface area contributed by atoms with Gasteiger partial charge in [0.25, 0.3) is 5.69 Å². The molecular weight excluding hydrogens is 258 g/mol. The number of nitro benzene ring substituents is 1. The average Bonchev–Trinajstić information content (AvgIpc) is 2.38. The lowest BCUT2D eigenvalue weighted by atomic mass is 9.92. The Morgan fingerprint density at radius 1 is 1.25 bits per heavy atom. The van der Waals surface area contributed by atoms with Crippen LogP contribution in [-0.2, 0) is 0 Å². The van der Waals surface area contributed by atoms with Crippen LogP contribution >= 0.6 is 0 Å². The van der Waals surface area contributed by atoms with Gasteiger partial charge in [-0.25, -0.2) is 4.79 Å². The quantitative estimate of drug-likeness (QED) is 0.666. The molecule has 6 heteroatoms. The third-order valence-corrected chi connectivity index (χ3v) is 3.49. The number of benzene rings is 1.